The number of aromatic nitrogens is 4. The molecular weight excluding hydrogens is 871 g/mol. The maximum absolute atomic E-state index is 13.1. The smallest absolute Gasteiger partial charge is 0.327 e. The Balaban J connectivity index is 1.51. The molecule has 4 heterocycles. The largest absolute Gasteiger partial charge is 0.409 e. The number of carbonyl (C=O) groups is 1. The quantitative estimate of drug-likeness (QED) is 0.0705. The maximum Gasteiger partial charge on any atom is 0.327 e. The van der Waals surface area contributed by atoms with Gasteiger partial charge < -0.3 is 47.2 Å². The van der Waals surface area contributed by atoms with E-state index in [1.54, 1.807) is 34.9 Å². The molecule has 60 heavy (non-hydrogen) atoms. The van der Waals surface area contributed by atoms with Crippen LogP contribution in [-0.4, -0.2) is 115 Å². The number of imidazole rings is 1. The van der Waals surface area contributed by atoms with Crippen molar-refractivity contribution in [3.8, 4) is 6.07 Å². The van der Waals surface area contributed by atoms with Gasteiger partial charge in [-0.1, -0.05) is 59.7 Å². The first-order chi connectivity index (χ1) is 28.0. The molecule has 2 aliphatic heterocycles. The second-order valence-corrected chi connectivity index (χ2v) is 30.9. The number of hydrogen-bond acceptors (Lipinski definition) is 16. The highest BCUT2D eigenvalue weighted by atomic mass is 32.5. The summed E-state index contributed by atoms with van der Waals surface area (Å²) in [6.07, 6.45) is -3.95. The van der Waals surface area contributed by atoms with Gasteiger partial charge >= 0.3 is 15.0 Å². The van der Waals surface area contributed by atoms with Gasteiger partial charge in [0.1, 0.15) is 36.8 Å². The predicted octanol–water partition coefficient (Wildman–Crippen LogP) is 6.47. The van der Waals surface area contributed by atoms with Crippen LogP contribution < -0.4 is 5.32 Å². The number of rotatable bonds is 18. The normalized spacial score (nSPS) is 25.6. The molecule has 1 aromatic carbocycles. The Morgan fingerprint density at radius 3 is 2.30 bits per heavy atom. The zero-order chi connectivity index (χ0) is 44.3. The van der Waals surface area contributed by atoms with Crippen molar-refractivity contribution in [1.82, 2.24) is 19.5 Å². The van der Waals surface area contributed by atoms with Crippen LogP contribution in [0.15, 0.2) is 43.0 Å². The minimum Gasteiger partial charge on any atom is -0.409 e. The molecule has 18 nitrogen and oxygen atoms in total. The first-order valence-corrected chi connectivity index (χ1v) is 29.3. The number of nitriles is 1. The highest BCUT2D eigenvalue weighted by Gasteiger charge is 2.54. The summed E-state index contributed by atoms with van der Waals surface area (Å²) in [7, 11) is -8.44. The first-order valence-electron chi connectivity index (χ1n) is 19.6. The fourth-order valence-electron chi connectivity index (χ4n) is 6.08. The first kappa shape index (κ1) is 48.7. The predicted molar refractivity (Wildman–Crippen MR) is 232 cm³/mol. The number of ether oxygens (including phenoxy) is 2. The van der Waals surface area contributed by atoms with E-state index in [1.807, 2.05) is 6.07 Å². The molecule has 332 valence electrons. The number of nitrogens with one attached hydrogen (secondary N) is 1. The highest BCUT2D eigenvalue weighted by Crippen LogP contribution is 2.56. The van der Waals surface area contributed by atoms with Gasteiger partial charge in [0.2, 0.25) is 0 Å². The fraction of sp³-hybridized carbons (Fsp3) is 0.649. The summed E-state index contributed by atoms with van der Waals surface area (Å²) in [6.45, 7) is 16.0. The van der Waals surface area contributed by atoms with Crippen LogP contribution in [0.25, 0.3) is 11.2 Å². The third-order valence-corrected chi connectivity index (χ3v) is 23.2. The lowest BCUT2D eigenvalue weighted by molar-refractivity contribution is -0.0512. The topological polar surface area (TPSA) is 228 Å². The zero-order valence-electron chi connectivity index (χ0n) is 35.7. The number of aliphatic hydroxyl groups excluding tert-OH is 1. The van der Waals surface area contributed by atoms with Crippen LogP contribution in [0, 0.1) is 11.3 Å². The second kappa shape index (κ2) is 19.6. The monoisotopic (exact) mass is 928 g/mol. The molecule has 0 spiro atoms. The minimum absolute atomic E-state index is 0.0417. The lowest BCUT2D eigenvalue weighted by atomic mass is 10.1. The molecule has 2 fully saturated rings. The lowest BCUT2D eigenvalue weighted by Crippen LogP contribution is -2.50. The number of aliphatic hydroxyl groups is 1. The van der Waals surface area contributed by atoms with Crippen LogP contribution in [0.5, 0.6) is 0 Å². The van der Waals surface area contributed by atoms with E-state index in [0.717, 1.165) is 0 Å². The van der Waals surface area contributed by atoms with Crippen LogP contribution >= 0.6 is 15.0 Å². The van der Waals surface area contributed by atoms with Crippen LogP contribution in [-0.2, 0) is 52.8 Å². The van der Waals surface area contributed by atoms with E-state index in [-0.39, 0.29) is 53.3 Å². The summed E-state index contributed by atoms with van der Waals surface area (Å²) < 4.78 is 64.5. The molecule has 1 amide bonds. The number of fused-ring (bicyclic) bond motifs is 1. The molecule has 9 atom stereocenters. The highest BCUT2D eigenvalue weighted by molar-refractivity contribution is 8.07. The van der Waals surface area contributed by atoms with Crippen molar-refractivity contribution in [1.29, 1.82) is 5.26 Å². The van der Waals surface area contributed by atoms with Gasteiger partial charge in [0.25, 0.3) is 5.91 Å². The van der Waals surface area contributed by atoms with Crippen molar-refractivity contribution in [3.63, 3.8) is 0 Å². The summed E-state index contributed by atoms with van der Waals surface area (Å²) in [5.41, 5.74) is 0.934. The zero-order valence-corrected chi connectivity index (χ0v) is 40.4. The molecule has 3 N–H and O–H groups in total. The Morgan fingerprint density at radius 2 is 1.68 bits per heavy atom. The Kier molecular flexibility index (Phi) is 15.9. The molecule has 3 aromatic rings. The van der Waals surface area contributed by atoms with Gasteiger partial charge in [-0.3, -0.25) is 18.5 Å². The van der Waals surface area contributed by atoms with E-state index in [1.165, 1.54) is 12.7 Å². The van der Waals surface area contributed by atoms with Gasteiger partial charge in [-0.2, -0.15) is 5.26 Å². The molecule has 0 bridgehead atoms. The molecule has 2 saturated heterocycles. The number of nitrogens with zero attached hydrogens (tertiary/aromatic N) is 5. The van der Waals surface area contributed by atoms with E-state index in [2.05, 4.69) is 88.0 Å². The van der Waals surface area contributed by atoms with E-state index >= 15 is 0 Å². The van der Waals surface area contributed by atoms with Crippen LogP contribution in [0.4, 0.5) is 5.82 Å². The summed E-state index contributed by atoms with van der Waals surface area (Å²) in [5, 5.41) is 22.6. The Labute approximate surface area is 359 Å². The molecule has 23 heteroatoms. The van der Waals surface area contributed by atoms with Gasteiger partial charge in [0, 0.05) is 5.56 Å². The van der Waals surface area contributed by atoms with E-state index in [0.29, 0.717) is 5.56 Å². The molecule has 2 aliphatic rings. The van der Waals surface area contributed by atoms with Gasteiger partial charge in [0.05, 0.1) is 51.3 Å². The van der Waals surface area contributed by atoms with Crippen molar-refractivity contribution in [3.05, 3.63) is 48.5 Å². The van der Waals surface area contributed by atoms with Gasteiger partial charge in [-0.25, -0.2) is 15.0 Å². The Bertz CT molecular complexity index is 2070. The summed E-state index contributed by atoms with van der Waals surface area (Å²) in [6, 6.07) is 10.7. The second-order valence-electron chi connectivity index (χ2n) is 17.6. The van der Waals surface area contributed by atoms with Gasteiger partial charge in [0.15, 0.2) is 39.8 Å². The molecule has 5 rings (SSSR count). The van der Waals surface area contributed by atoms with Crippen molar-refractivity contribution >= 4 is 66.3 Å². The number of carbonyl (C=O) groups excluding carboxylic acids is 1. The molecular formula is C37H58N6O12P2SSi2. The third kappa shape index (κ3) is 11.4. The summed E-state index contributed by atoms with van der Waals surface area (Å²) in [4.78, 5) is 36.4. The molecule has 0 radical (unpaired) electrons. The van der Waals surface area contributed by atoms with E-state index in [9.17, 15) is 24.6 Å². The van der Waals surface area contributed by atoms with Crippen molar-refractivity contribution in [2.24, 2.45) is 0 Å². The van der Waals surface area contributed by atoms with E-state index < -0.39 is 87.0 Å². The van der Waals surface area contributed by atoms with Crippen LogP contribution in [0.1, 0.15) is 64.5 Å². The number of hydrogen-bond donors (Lipinski definition) is 3. The molecule has 5 unspecified atom stereocenters. The minimum atomic E-state index is -3.91. The number of anilines is 1. The molecule has 2 aromatic heterocycles. The third-order valence-electron chi connectivity index (χ3n) is 11.4. The molecule has 0 saturated carbocycles. The van der Waals surface area contributed by atoms with Crippen molar-refractivity contribution in [2.75, 3.05) is 31.7 Å². The number of benzene rings is 1. The summed E-state index contributed by atoms with van der Waals surface area (Å²) in [5.74, 6) is -0.249. The van der Waals surface area contributed by atoms with Crippen LogP contribution in [0.3, 0.4) is 0 Å². The van der Waals surface area contributed by atoms with Crippen LogP contribution in [0.2, 0.25) is 36.3 Å². The lowest BCUT2D eigenvalue weighted by Gasteiger charge is -2.41. The SMILES string of the molecule is CC(C)(C)[Si](C)(C)OC1COC(COP(=S)(OCCC#N)O[C@@H]2[C@H](O[Si](C)(C)C(C)(C)C)[C@@H](CO)O[C@H]2n2cnc3c(NC(=O)c4ccccc4)ncnc32)C1O[PH](=O)O. The molecule has 0 aliphatic carbocycles. The van der Waals surface area contributed by atoms with Gasteiger partial charge in [-0.05, 0) is 60.2 Å². The fourth-order valence-corrected chi connectivity index (χ4v) is 11.3. The maximum atomic E-state index is 13.1. The standard InChI is InChI=1S/C37H58N6O12P2SSi2/c1-36(2,3)59(7,8)54-27-20-48-26(29(27)52-56(46)47)21-50-57(58,49-18-14-17-38)53-31-30(55-60(9,10)37(4,5)6)25(19-44)51-35(31)43-23-41-28-32(39-22-40-33(28)43)42-34(45)24-15-12-11-13-16-24/h11-13,15-16,22-23,25-27,29-31,35,44,56H,14,18-21H2,1-10H3,(H,46,47)(H,39,40,42,45)/t25-,26?,27?,29?,30-,31-,35-,57?/m1/s1. The van der Waals surface area contributed by atoms with Gasteiger partial charge in [-0.15, -0.1) is 0 Å². The van der Waals surface area contributed by atoms with Crippen molar-refractivity contribution < 1.29 is 55.8 Å². The van der Waals surface area contributed by atoms with Crippen molar-refractivity contribution in [2.45, 2.75) is 127 Å². The summed E-state index contributed by atoms with van der Waals surface area (Å²) >= 11 is 6.06. The van der Waals surface area contributed by atoms with E-state index in [4.69, 9.17) is 48.2 Å². The average molecular weight is 929 g/mol. The average Bonchev–Trinajstić information content (AvgIpc) is 3.85. The Morgan fingerprint density at radius 1 is 1.02 bits per heavy atom. The number of amides is 1. The Hall–Kier alpha value is -2.36.